The molecule has 0 spiro atoms. The molecule has 0 saturated carbocycles. The first kappa shape index (κ1) is 8.21. The van der Waals surface area contributed by atoms with E-state index in [-0.39, 0.29) is 0 Å². The van der Waals surface area contributed by atoms with Gasteiger partial charge in [0.2, 0.25) is 0 Å². The number of nitriles is 1. The Morgan fingerprint density at radius 2 is 2.46 bits per heavy atom. The molecule has 2 rings (SSSR count). The first-order valence-corrected chi connectivity index (χ1v) is 4.28. The average molecular weight is 174 g/mol. The van der Waals surface area contributed by atoms with Crippen molar-refractivity contribution >= 4 is 0 Å². The zero-order chi connectivity index (χ0) is 9.15. The van der Waals surface area contributed by atoms with Gasteiger partial charge in [-0.3, -0.25) is 4.98 Å². The molecule has 2 heterocycles. The highest BCUT2D eigenvalue weighted by atomic mass is 16.5. The summed E-state index contributed by atoms with van der Waals surface area (Å²) in [5, 5.41) is 9.10. The number of rotatable bonds is 1. The number of ether oxygens (including phenoxy) is 1. The van der Waals surface area contributed by atoms with Crippen molar-refractivity contribution < 1.29 is 4.74 Å². The van der Waals surface area contributed by atoms with Gasteiger partial charge in [-0.25, -0.2) is 0 Å². The first-order valence-electron chi connectivity index (χ1n) is 4.28. The molecule has 0 amide bonds. The zero-order valence-corrected chi connectivity index (χ0v) is 7.23. The maximum atomic E-state index is 9.10. The van der Waals surface area contributed by atoms with E-state index < -0.39 is 5.41 Å². The van der Waals surface area contributed by atoms with Gasteiger partial charge in [0.15, 0.2) is 0 Å². The van der Waals surface area contributed by atoms with Gasteiger partial charge in [-0.1, -0.05) is 6.07 Å². The Balaban J connectivity index is 2.38. The van der Waals surface area contributed by atoms with Crippen molar-refractivity contribution in [2.24, 2.45) is 0 Å². The van der Waals surface area contributed by atoms with Crippen LogP contribution in [0.2, 0.25) is 0 Å². The lowest BCUT2D eigenvalue weighted by Gasteiger charge is -2.16. The van der Waals surface area contributed by atoms with E-state index in [0.717, 1.165) is 12.1 Å². The van der Waals surface area contributed by atoms with E-state index in [0.29, 0.717) is 13.2 Å². The fraction of sp³-hybridized carbons (Fsp3) is 0.400. The van der Waals surface area contributed by atoms with Gasteiger partial charge < -0.3 is 4.74 Å². The van der Waals surface area contributed by atoms with Gasteiger partial charge >= 0.3 is 0 Å². The van der Waals surface area contributed by atoms with E-state index in [2.05, 4.69) is 11.1 Å². The van der Waals surface area contributed by atoms with Crippen LogP contribution in [0.15, 0.2) is 24.4 Å². The molecule has 1 aliphatic heterocycles. The second kappa shape index (κ2) is 3.15. The van der Waals surface area contributed by atoms with Crippen molar-refractivity contribution in [3.63, 3.8) is 0 Å². The molecule has 0 N–H and O–H groups in total. The van der Waals surface area contributed by atoms with E-state index in [1.54, 1.807) is 6.20 Å². The molecular formula is C10H10N2O. The fourth-order valence-electron chi connectivity index (χ4n) is 1.56. The number of hydrogen-bond donors (Lipinski definition) is 0. The Hall–Kier alpha value is -1.40. The molecule has 1 unspecified atom stereocenters. The average Bonchev–Trinajstić information content (AvgIpc) is 2.69. The smallest absolute Gasteiger partial charge is 0.125 e. The van der Waals surface area contributed by atoms with Gasteiger partial charge in [0.25, 0.3) is 0 Å². The minimum Gasteiger partial charge on any atom is -0.379 e. The molecule has 0 aliphatic carbocycles. The lowest BCUT2D eigenvalue weighted by Crippen LogP contribution is -2.25. The summed E-state index contributed by atoms with van der Waals surface area (Å²) in [6.07, 6.45) is 2.47. The van der Waals surface area contributed by atoms with Crippen molar-refractivity contribution in [3.8, 4) is 6.07 Å². The van der Waals surface area contributed by atoms with Crippen LogP contribution in [-0.4, -0.2) is 18.2 Å². The lowest BCUT2D eigenvalue weighted by atomic mass is 9.85. The second-order valence-electron chi connectivity index (χ2n) is 3.21. The lowest BCUT2D eigenvalue weighted by molar-refractivity contribution is 0.186. The Kier molecular flexibility index (Phi) is 1.99. The molecule has 1 aromatic heterocycles. The predicted octanol–water partition coefficient (Wildman–Crippen LogP) is 1.26. The summed E-state index contributed by atoms with van der Waals surface area (Å²) in [5.74, 6) is 0. The molecule has 66 valence electrons. The van der Waals surface area contributed by atoms with E-state index >= 15 is 0 Å². The second-order valence-corrected chi connectivity index (χ2v) is 3.21. The molecule has 13 heavy (non-hydrogen) atoms. The van der Waals surface area contributed by atoms with Crippen molar-refractivity contribution in [3.05, 3.63) is 30.1 Å². The normalized spacial score (nSPS) is 27.0. The van der Waals surface area contributed by atoms with Crippen LogP contribution in [-0.2, 0) is 10.2 Å². The highest BCUT2D eigenvalue weighted by Gasteiger charge is 2.38. The van der Waals surface area contributed by atoms with Crippen LogP contribution in [0.1, 0.15) is 12.1 Å². The van der Waals surface area contributed by atoms with Crippen LogP contribution in [0.4, 0.5) is 0 Å². The molecule has 1 fully saturated rings. The molecule has 1 aromatic rings. The SMILES string of the molecule is N#CC1(c2ccccn2)CCOC1. The van der Waals surface area contributed by atoms with Gasteiger partial charge in [-0.15, -0.1) is 0 Å². The first-order chi connectivity index (χ1) is 6.37. The highest BCUT2D eigenvalue weighted by Crippen LogP contribution is 2.30. The Morgan fingerprint density at radius 1 is 1.54 bits per heavy atom. The summed E-state index contributed by atoms with van der Waals surface area (Å²) < 4.78 is 5.24. The predicted molar refractivity (Wildman–Crippen MR) is 47.0 cm³/mol. The Morgan fingerprint density at radius 3 is 3.00 bits per heavy atom. The van der Waals surface area contributed by atoms with E-state index in [9.17, 15) is 0 Å². The van der Waals surface area contributed by atoms with Crippen molar-refractivity contribution in [2.45, 2.75) is 11.8 Å². The third-order valence-corrected chi connectivity index (χ3v) is 2.39. The number of nitrogens with zero attached hydrogens (tertiary/aromatic N) is 2. The van der Waals surface area contributed by atoms with Crippen LogP contribution < -0.4 is 0 Å². The maximum Gasteiger partial charge on any atom is 0.125 e. The number of aromatic nitrogens is 1. The summed E-state index contributed by atoms with van der Waals surface area (Å²) in [4.78, 5) is 4.20. The fourth-order valence-corrected chi connectivity index (χ4v) is 1.56. The minimum atomic E-state index is -0.499. The van der Waals surface area contributed by atoms with Crippen LogP contribution in [0.25, 0.3) is 0 Å². The standard InChI is InChI=1S/C10H10N2O/c11-7-10(4-6-13-8-10)9-3-1-2-5-12-9/h1-3,5H,4,6,8H2. The summed E-state index contributed by atoms with van der Waals surface area (Å²) in [5.41, 5.74) is 0.330. The molecule has 1 atom stereocenters. The third-order valence-electron chi connectivity index (χ3n) is 2.39. The topological polar surface area (TPSA) is 45.9 Å². The van der Waals surface area contributed by atoms with Crippen LogP contribution in [0.3, 0.4) is 0 Å². The summed E-state index contributed by atoms with van der Waals surface area (Å²) in [6.45, 7) is 1.13. The van der Waals surface area contributed by atoms with Crippen molar-refractivity contribution in [1.82, 2.24) is 4.98 Å². The van der Waals surface area contributed by atoms with Gasteiger partial charge in [0.1, 0.15) is 5.41 Å². The van der Waals surface area contributed by atoms with Gasteiger partial charge in [0, 0.05) is 12.8 Å². The molecule has 0 radical (unpaired) electrons. The van der Waals surface area contributed by atoms with Crippen LogP contribution in [0.5, 0.6) is 0 Å². The minimum absolute atomic E-state index is 0.473. The summed E-state index contributed by atoms with van der Waals surface area (Å²) in [7, 11) is 0. The van der Waals surface area contributed by atoms with E-state index in [4.69, 9.17) is 10.00 Å². The van der Waals surface area contributed by atoms with Gasteiger partial charge in [0.05, 0.1) is 18.4 Å². The quantitative estimate of drug-likeness (QED) is 0.644. The van der Waals surface area contributed by atoms with Crippen molar-refractivity contribution in [1.29, 1.82) is 5.26 Å². The Labute approximate surface area is 77.0 Å². The molecular weight excluding hydrogens is 164 g/mol. The third kappa shape index (κ3) is 1.30. The largest absolute Gasteiger partial charge is 0.379 e. The van der Waals surface area contributed by atoms with Crippen molar-refractivity contribution in [2.75, 3.05) is 13.2 Å². The molecule has 3 heteroatoms. The van der Waals surface area contributed by atoms with Gasteiger partial charge in [-0.05, 0) is 18.6 Å². The maximum absolute atomic E-state index is 9.10. The van der Waals surface area contributed by atoms with Crippen LogP contribution >= 0.6 is 0 Å². The van der Waals surface area contributed by atoms with Crippen LogP contribution in [0, 0.1) is 11.3 Å². The number of hydrogen-bond acceptors (Lipinski definition) is 3. The Bertz CT molecular complexity index is 323. The van der Waals surface area contributed by atoms with Gasteiger partial charge in [-0.2, -0.15) is 5.26 Å². The molecule has 3 nitrogen and oxygen atoms in total. The summed E-state index contributed by atoms with van der Waals surface area (Å²) >= 11 is 0. The summed E-state index contributed by atoms with van der Waals surface area (Å²) in [6, 6.07) is 7.95. The zero-order valence-electron chi connectivity index (χ0n) is 7.23. The monoisotopic (exact) mass is 174 g/mol. The molecule has 0 bridgehead atoms. The van der Waals surface area contributed by atoms with E-state index in [1.807, 2.05) is 18.2 Å². The highest BCUT2D eigenvalue weighted by molar-refractivity contribution is 5.27. The molecule has 1 saturated heterocycles. The molecule has 1 aliphatic rings. The number of pyridine rings is 1. The molecule has 0 aromatic carbocycles. The van der Waals surface area contributed by atoms with E-state index in [1.165, 1.54) is 0 Å².